The van der Waals surface area contributed by atoms with E-state index in [1.54, 1.807) is 36.4 Å². The molecule has 0 saturated heterocycles. The molecule has 0 bridgehead atoms. The molecule has 0 aromatic heterocycles. The van der Waals surface area contributed by atoms with Crippen molar-refractivity contribution in [3.05, 3.63) is 59.7 Å². The maximum absolute atomic E-state index is 11.8. The summed E-state index contributed by atoms with van der Waals surface area (Å²) in [5.41, 5.74) is 2.38. The SMILES string of the molecule is CCNC(=O)c1cccc(-c2cccc(C(=O)O)c2)c1. The number of hydrogen-bond donors (Lipinski definition) is 2. The Morgan fingerprint density at radius 1 is 1.00 bits per heavy atom. The topological polar surface area (TPSA) is 66.4 Å². The molecule has 0 fully saturated rings. The summed E-state index contributed by atoms with van der Waals surface area (Å²) in [7, 11) is 0. The molecule has 2 rings (SSSR count). The van der Waals surface area contributed by atoms with E-state index in [-0.39, 0.29) is 11.5 Å². The van der Waals surface area contributed by atoms with Gasteiger partial charge in [0.1, 0.15) is 0 Å². The van der Waals surface area contributed by atoms with Gasteiger partial charge >= 0.3 is 5.97 Å². The lowest BCUT2D eigenvalue weighted by molar-refractivity contribution is 0.0696. The van der Waals surface area contributed by atoms with Gasteiger partial charge in [0.2, 0.25) is 0 Å². The molecule has 20 heavy (non-hydrogen) atoms. The van der Waals surface area contributed by atoms with Crippen molar-refractivity contribution in [3.8, 4) is 11.1 Å². The highest BCUT2D eigenvalue weighted by Crippen LogP contribution is 2.21. The first-order chi connectivity index (χ1) is 9.61. The van der Waals surface area contributed by atoms with Crippen LogP contribution in [0.3, 0.4) is 0 Å². The maximum atomic E-state index is 11.8. The summed E-state index contributed by atoms with van der Waals surface area (Å²) < 4.78 is 0. The van der Waals surface area contributed by atoms with Crippen molar-refractivity contribution in [1.82, 2.24) is 5.32 Å². The lowest BCUT2D eigenvalue weighted by atomic mass is 10.0. The molecule has 0 heterocycles. The van der Waals surface area contributed by atoms with E-state index in [1.165, 1.54) is 0 Å². The molecule has 102 valence electrons. The summed E-state index contributed by atoms with van der Waals surface area (Å²) in [6.07, 6.45) is 0. The highest BCUT2D eigenvalue weighted by molar-refractivity contribution is 5.95. The number of hydrogen-bond acceptors (Lipinski definition) is 2. The molecular formula is C16H15NO3. The quantitative estimate of drug-likeness (QED) is 0.897. The van der Waals surface area contributed by atoms with Gasteiger partial charge in [-0.15, -0.1) is 0 Å². The predicted octanol–water partition coefficient (Wildman–Crippen LogP) is 2.80. The van der Waals surface area contributed by atoms with Gasteiger partial charge in [-0.25, -0.2) is 4.79 Å². The van der Waals surface area contributed by atoms with E-state index in [4.69, 9.17) is 5.11 Å². The van der Waals surface area contributed by atoms with Crippen molar-refractivity contribution in [2.45, 2.75) is 6.92 Å². The van der Waals surface area contributed by atoms with Gasteiger partial charge in [0.05, 0.1) is 5.56 Å². The first-order valence-corrected chi connectivity index (χ1v) is 6.34. The molecule has 0 unspecified atom stereocenters. The van der Waals surface area contributed by atoms with Gasteiger partial charge in [0.25, 0.3) is 5.91 Å². The van der Waals surface area contributed by atoms with Crippen LogP contribution >= 0.6 is 0 Å². The number of carbonyl (C=O) groups is 2. The van der Waals surface area contributed by atoms with Crippen LogP contribution in [0.15, 0.2) is 48.5 Å². The molecule has 0 aliphatic heterocycles. The molecule has 1 amide bonds. The molecular weight excluding hydrogens is 254 g/mol. The van der Waals surface area contributed by atoms with Crippen LogP contribution in [0.5, 0.6) is 0 Å². The van der Waals surface area contributed by atoms with Crippen LogP contribution in [0.25, 0.3) is 11.1 Å². The van der Waals surface area contributed by atoms with Crippen LogP contribution in [-0.4, -0.2) is 23.5 Å². The number of carbonyl (C=O) groups excluding carboxylic acids is 1. The van der Waals surface area contributed by atoms with E-state index < -0.39 is 5.97 Å². The van der Waals surface area contributed by atoms with Gasteiger partial charge in [-0.2, -0.15) is 0 Å². The zero-order chi connectivity index (χ0) is 14.5. The van der Waals surface area contributed by atoms with Gasteiger partial charge in [-0.05, 0) is 42.3 Å². The first-order valence-electron chi connectivity index (χ1n) is 6.34. The number of carboxylic acid groups (broad SMARTS) is 1. The third kappa shape index (κ3) is 3.03. The Morgan fingerprint density at radius 3 is 2.10 bits per heavy atom. The molecule has 0 aliphatic carbocycles. The standard InChI is InChI=1S/C16H15NO3/c1-2-17-15(18)13-7-3-5-11(9-13)12-6-4-8-14(10-12)16(19)20/h3-10H,2H2,1H3,(H,17,18)(H,19,20). The Hall–Kier alpha value is -2.62. The normalized spacial score (nSPS) is 10.1. The molecule has 0 saturated carbocycles. The van der Waals surface area contributed by atoms with E-state index in [0.717, 1.165) is 11.1 Å². The predicted molar refractivity (Wildman–Crippen MR) is 76.8 cm³/mol. The Morgan fingerprint density at radius 2 is 1.55 bits per heavy atom. The van der Waals surface area contributed by atoms with Crippen molar-refractivity contribution in [3.63, 3.8) is 0 Å². The van der Waals surface area contributed by atoms with Gasteiger partial charge in [-0.3, -0.25) is 4.79 Å². The fourth-order valence-corrected chi connectivity index (χ4v) is 1.93. The fourth-order valence-electron chi connectivity index (χ4n) is 1.93. The Kier molecular flexibility index (Phi) is 4.15. The van der Waals surface area contributed by atoms with E-state index in [0.29, 0.717) is 12.1 Å². The minimum Gasteiger partial charge on any atom is -0.478 e. The number of rotatable bonds is 4. The Bertz CT molecular complexity index is 650. The summed E-state index contributed by atoms with van der Waals surface area (Å²) >= 11 is 0. The first kappa shape index (κ1) is 13.8. The van der Waals surface area contributed by atoms with Gasteiger partial charge in [0.15, 0.2) is 0 Å². The van der Waals surface area contributed by atoms with Crippen molar-refractivity contribution in [2.75, 3.05) is 6.54 Å². The number of carboxylic acids is 1. The number of amides is 1. The Labute approximate surface area is 117 Å². The monoisotopic (exact) mass is 269 g/mol. The van der Waals surface area contributed by atoms with Crippen molar-refractivity contribution >= 4 is 11.9 Å². The molecule has 4 heteroatoms. The highest BCUT2D eigenvalue weighted by atomic mass is 16.4. The van der Waals surface area contributed by atoms with Crippen LogP contribution in [0, 0.1) is 0 Å². The zero-order valence-electron chi connectivity index (χ0n) is 11.1. The number of nitrogens with one attached hydrogen (secondary N) is 1. The van der Waals surface area contributed by atoms with Crippen LogP contribution in [0.2, 0.25) is 0 Å². The van der Waals surface area contributed by atoms with Crippen molar-refractivity contribution < 1.29 is 14.7 Å². The molecule has 2 N–H and O–H groups in total. The molecule has 0 aliphatic rings. The van der Waals surface area contributed by atoms with E-state index in [9.17, 15) is 9.59 Å². The van der Waals surface area contributed by atoms with Crippen LogP contribution in [0.4, 0.5) is 0 Å². The largest absolute Gasteiger partial charge is 0.478 e. The lowest BCUT2D eigenvalue weighted by Gasteiger charge is -2.06. The average molecular weight is 269 g/mol. The number of aromatic carboxylic acids is 1. The lowest BCUT2D eigenvalue weighted by Crippen LogP contribution is -2.22. The summed E-state index contributed by atoms with van der Waals surface area (Å²) in [4.78, 5) is 22.8. The smallest absolute Gasteiger partial charge is 0.335 e. The van der Waals surface area contributed by atoms with E-state index in [1.807, 2.05) is 19.1 Å². The molecule has 0 spiro atoms. The summed E-state index contributed by atoms with van der Waals surface area (Å²) in [5, 5.41) is 11.7. The van der Waals surface area contributed by atoms with Crippen LogP contribution in [-0.2, 0) is 0 Å². The fraction of sp³-hybridized carbons (Fsp3) is 0.125. The highest BCUT2D eigenvalue weighted by Gasteiger charge is 2.08. The van der Waals surface area contributed by atoms with Gasteiger partial charge in [0, 0.05) is 12.1 Å². The maximum Gasteiger partial charge on any atom is 0.335 e. The minimum atomic E-state index is -0.966. The van der Waals surface area contributed by atoms with Crippen molar-refractivity contribution in [2.24, 2.45) is 0 Å². The van der Waals surface area contributed by atoms with Crippen LogP contribution < -0.4 is 5.32 Å². The summed E-state index contributed by atoms with van der Waals surface area (Å²) in [6, 6.07) is 13.8. The third-order valence-electron chi connectivity index (χ3n) is 2.90. The Balaban J connectivity index is 2.38. The molecule has 2 aromatic rings. The third-order valence-corrected chi connectivity index (χ3v) is 2.90. The van der Waals surface area contributed by atoms with Crippen LogP contribution in [0.1, 0.15) is 27.6 Å². The zero-order valence-corrected chi connectivity index (χ0v) is 11.1. The summed E-state index contributed by atoms with van der Waals surface area (Å²) in [6.45, 7) is 2.43. The average Bonchev–Trinajstić information content (AvgIpc) is 2.48. The second kappa shape index (κ2) is 6.02. The molecule has 0 atom stereocenters. The van der Waals surface area contributed by atoms with Gasteiger partial charge < -0.3 is 10.4 Å². The number of benzene rings is 2. The second-order valence-electron chi connectivity index (χ2n) is 4.33. The minimum absolute atomic E-state index is 0.135. The van der Waals surface area contributed by atoms with Gasteiger partial charge in [-0.1, -0.05) is 24.3 Å². The molecule has 2 aromatic carbocycles. The van der Waals surface area contributed by atoms with Crippen molar-refractivity contribution in [1.29, 1.82) is 0 Å². The molecule has 0 radical (unpaired) electrons. The van der Waals surface area contributed by atoms with E-state index >= 15 is 0 Å². The second-order valence-corrected chi connectivity index (χ2v) is 4.33. The molecule has 4 nitrogen and oxygen atoms in total. The summed E-state index contributed by atoms with van der Waals surface area (Å²) in [5.74, 6) is -1.10. The van der Waals surface area contributed by atoms with E-state index in [2.05, 4.69) is 5.32 Å².